The van der Waals surface area contributed by atoms with Crippen LogP contribution in [-0.2, 0) is 6.42 Å². The molecule has 1 unspecified atom stereocenters. The quantitative estimate of drug-likeness (QED) is 0.869. The molecule has 0 aliphatic heterocycles. The minimum absolute atomic E-state index is 0.269. The Hall–Kier alpha value is -1.26. The third kappa shape index (κ3) is 3.07. The van der Waals surface area contributed by atoms with Crippen LogP contribution in [0.15, 0.2) is 34.8 Å². The van der Waals surface area contributed by atoms with Gasteiger partial charge in [0.05, 0.1) is 0 Å². The van der Waals surface area contributed by atoms with E-state index in [1.54, 1.807) is 6.07 Å². The molecule has 0 amide bonds. The fourth-order valence-electron chi connectivity index (χ4n) is 2.26. The maximum Gasteiger partial charge on any atom is 0.162 e. The lowest BCUT2D eigenvalue weighted by atomic mass is 9.94. The van der Waals surface area contributed by atoms with Crippen LogP contribution in [0.4, 0.5) is 8.78 Å². The normalized spacial score (nSPS) is 12.5. The average Bonchev–Trinajstić information content (AvgIpc) is 2.39. The highest BCUT2D eigenvalue weighted by Crippen LogP contribution is 2.27. The first-order valence-corrected chi connectivity index (χ1v) is 7.14. The van der Waals surface area contributed by atoms with E-state index >= 15 is 0 Å². The molecule has 0 aromatic heterocycles. The largest absolute Gasteiger partial charge is 0.324 e. The van der Waals surface area contributed by atoms with Crippen LogP contribution >= 0.6 is 15.9 Å². The van der Waals surface area contributed by atoms with Gasteiger partial charge in [0, 0.05) is 10.5 Å². The van der Waals surface area contributed by atoms with Crippen molar-refractivity contribution in [2.75, 3.05) is 0 Å². The summed E-state index contributed by atoms with van der Waals surface area (Å²) in [5, 5.41) is 0. The predicted octanol–water partition coefficient (Wildman–Crippen LogP) is 4.59. The fraction of sp³-hybridized carbons (Fsp3) is 0.250. The molecule has 20 heavy (non-hydrogen) atoms. The Morgan fingerprint density at radius 3 is 2.55 bits per heavy atom. The Labute approximate surface area is 125 Å². The van der Waals surface area contributed by atoms with Gasteiger partial charge in [-0.25, -0.2) is 8.78 Å². The molecule has 1 nitrogen and oxygen atoms in total. The second-order valence-corrected chi connectivity index (χ2v) is 5.84. The molecule has 2 rings (SSSR count). The summed E-state index contributed by atoms with van der Waals surface area (Å²) in [6, 6.07) is 7.80. The van der Waals surface area contributed by atoms with Gasteiger partial charge in [-0.05, 0) is 54.7 Å². The second-order valence-electron chi connectivity index (χ2n) is 4.98. The lowest BCUT2D eigenvalue weighted by Crippen LogP contribution is -2.16. The van der Waals surface area contributed by atoms with Crippen LogP contribution in [0.2, 0.25) is 0 Å². The molecule has 0 bridgehead atoms. The van der Waals surface area contributed by atoms with Crippen molar-refractivity contribution < 1.29 is 8.78 Å². The van der Waals surface area contributed by atoms with E-state index in [0.717, 1.165) is 27.2 Å². The molecule has 0 heterocycles. The van der Waals surface area contributed by atoms with Gasteiger partial charge in [0.25, 0.3) is 0 Å². The zero-order valence-electron chi connectivity index (χ0n) is 11.4. The highest BCUT2D eigenvalue weighted by molar-refractivity contribution is 9.10. The summed E-state index contributed by atoms with van der Waals surface area (Å²) in [6.45, 7) is 3.93. The van der Waals surface area contributed by atoms with Crippen LogP contribution in [0.3, 0.4) is 0 Å². The number of aryl methyl sites for hydroxylation is 2. The number of nitrogens with two attached hydrogens (primary N) is 1. The SMILES string of the molecule is Cc1cc(C(N)Cc2cccc(F)c2F)c(C)cc1Br. The number of benzene rings is 2. The second kappa shape index (κ2) is 6.02. The molecule has 0 saturated carbocycles. The number of halogens is 3. The summed E-state index contributed by atoms with van der Waals surface area (Å²) < 4.78 is 27.9. The molecular weight excluding hydrogens is 324 g/mol. The molecule has 2 aromatic carbocycles. The number of hydrogen-bond acceptors (Lipinski definition) is 1. The first-order chi connectivity index (χ1) is 9.40. The molecule has 2 aromatic rings. The number of hydrogen-bond donors (Lipinski definition) is 1. The lowest BCUT2D eigenvalue weighted by molar-refractivity contribution is 0.494. The minimum Gasteiger partial charge on any atom is -0.324 e. The van der Waals surface area contributed by atoms with Gasteiger partial charge in [-0.2, -0.15) is 0 Å². The lowest BCUT2D eigenvalue weighted by Gasteiger charge is -2.17. The van der Waals surface area contributed by atoms with Crippen molar-refractivity contribution in [1.29, 1.82) is 0 Å². The van der Waals surface area contributed by atoms with Gasteiger partial charge in [-0.1, -0.05) is 34.1 Å². The highest BCUT2D eigenvalue weighted by atomic mass is 79.9. The van der Waals surface area contributed by atoms with Crippen molar-refractivity contribution in [1.82, 2.24) is 0 Å². The molecular formula is C16H16BrF2N. The van der Waals surface area contributed by atoms with E-state index in [1.807, 2.05) is 26.0 Å². The molecule has 4 heteroatoms. The van der Waals surface area contributed by atoms with Crippen LogP contribution < -0.4 is 5.73 Å². The van der Waals surface area contributed by atoms with Gasteiger partial charge >= 0.3 is 0 Å². The summed E-state index contributed by atoms with van der Waals surface area (Å²) in [7, 11) is 0. The minimum atomic E-state index is -0.835. The molecule has 106 valence electrons. The molecule has 0 fully saturated rings. The summed E-state index contributed by atoms with van der Waals surface area (Å²) in [5.74, 6) is -1.65. The van der Waals surface area contributed by atoms with E-state index in [4.69, 9.17) is 5.73 Å². The smallest absolute Gasteiger partial charge is 0.162 e. The summed E-state index contributed by atoms with van der Waals surface area (Å²) in [5.41, 5.74) is 9.52. The molecule has 1 atom stereocenters. The van der Waals surface area contributed by atoms with Gasteiger partial charge < -0.3 is 5.73 Å². The molecule has 0 aliphatic carbocycles. The first kappa shape index (κ1) is 15.1. The first-order valence-electron chi connectivity index (χ1n) is 6.35. The topological polar surface area (TPSA) is 26.0 Å². The number of rotatable bonds is 3. The van der Waals surface area contributed by atoms with Crippen molar-refractivity contribution in [3.8, 4) is 0 Å². The van der Waals surface area contributed by atoms with E-state index in [1.165, 1.54) is 6.07 Å². The summed E-state index contributed by atoms with van der Waals surface area (Å²) in [4.78, 5) is 0. The Morgan fingerprint density at radius 1 is 1.15 bits per heavy atom. The van der Waals surface area contributed by atoms with Gasteiger partial charge in [0.2, 0.25) is 0 Å². The molecule has 0 spiro atoms. The molecule has 2 N–H and O–H groups in total. The van der Waals surface area contributed by atoms with Gasteiger partial charge in [-0.3, -0.25) is 0 Å². The van der Waals surface area contributed by atoms with Crippen LogP contribution in [0.1, 0.15) is 28.3 Å². The fourth-order valence-corrected chi connectivity index (χ4v) is 2.71. The standard InChI is InChI=1S/C16H16BrF2N/c1-9-7-13(17)10(2)6-12(9)15(20)8-11-4-3-5-14(18)16(11)19/h3-7,15H,8,20H2,1-2H3. The van der Waals surface area contributed by atoms with E-state index in [-0.39, 0.29) is 12.5 Å². The summed E-state index contributed by atoms with van der Waals surface area (Å²) >= 11 is 3.47. The van der Waals surface area contributed by atoms with Crippen LogP contribution in [-0.4, -0.2) is 0 Å². The van der Waals surface area contributed by atoms with Gasteiger partial charge in [0.1, 0.15) is 0 Å². The van der Waals surface area contributed by atoms with E-state index < -0.39 is 11.6 Å². The highest BCUT2D eigenvalue weighted by Gasteiger charge is 2.15. The Bertz CT molecular complexity index is 641. The van der Waals surface area contributed by atoms with Crippen molar-refractivity contribution in [2.45, 2.75) is 26.3 Å². The molecule has 0 aliphatic rings. The average molecular weight is 340 g/mol. The zero-order valence-corrected chi connectivity index (χ0v) is 13.0. The third-order valence-electron chi connectivity index (χ3n) is 3.42. The third-order valence-corrected chi connectivity index (χ3v) is 4.27. The van der Waals surface area contributed by atoms with Gasteiger partial charge in [0.15, 0.2) is 11.6 Å². The van der Waals surface area contributed by atoms with Crippen LogP contribution in [0, 0.1) is 25.5 Å². The van der Waals surface area contributed by atoms with Crippen molar-refractivity contribution in [3.05, 3.63) is 68.7 Å². The molecule has 0 radical (unpaired) electrons. The van der Waals surface area contributed by atoms with E-state index in [2.05, 4.69) is 15.9 Å². The Kier molecular flexibility index (Phi) is 4.55. The van der Waals surface area contributed by atoms with Crippen molar-refractivity contribution in [3.63, 3.8) is 0 Å². The predicted molar refractivity (Wildman–Crippen MR) is 80.6 cm³/mol. The molecule has 0 saturated heterocycles. The van der Waals surface area contributed by atoms with Crippen molar-refractivity contribution in [2.24, 2.45) is 5.73 Å². The van der Waals surface area contributed by atoms with E-state index in [0.29, 0.717) is 5.56 Å². The Balaban J connectivity index is 2.31. The van der Waals surface area contributed by atoms with E-state index in [9.17, 15) is 8.78 Å². The summed E-state index contributed by atoms with van der Waals surface area (Å²) in [6.07, 6.45) is 0.269. The van der Waals surface area contributed by atoms with Crippen LogP contribution in [0.25, 0.3) is 0 Å². The Morgan fingerprint density at radius 2 is 1.85 bits per heavy atom. The van der Waals surface area contributed by atoms with Crippen molar-refractivity contribution >= 4 is 15.9 Å². The van der Waals surface area contributed by atoms with Crippen LogP contribution in [0.5, 0.6) is 0 Å². The maximum atomic E-state index is 13.7. The monoisotopic (exact) mass is 339 g/mol. The maximum absolute atomic E-state index is 13.7. The van der Waals surface area contributed by atoms with Gasteiger partial charge in [-0.15, -0.1) is 0 Å². The zero-order chi connectivity index (χ0) is 14.9.